The van der Waals surface area contributed by atoms with Crippen LogP contribution in [-0.4, -0.2) is 45.1 Å². The van der Waals surface area contributed by atoms with Gasteiger partial charge in [0, 0.05) is 19.2 Å². The van der Waals surface area contributed by atoms with E-state index in [1.165, 1.54) is 19.2 Å². The lowest BCUT2D eigenvalue weighted by Gasteiger charge is -2.12. The molecule has 0 atom stereocenters. The molecule has 4 nitrogen and oxygen atoms in total. The van der Waals surface area contributed by atoms with Gasteiger partial charge in [0.1, 0.15) is 5.75 Å². The Bertz CT molecular complexity index is 436. The molecule has 18 heavy (non-hydrogen) atoms. The van der Waals surface area contributed by atoms with Crippen LogP contribution in [0.15, 0.2) is 12.1 Å². The van der Waals surface area contributed by atoms with Gasteiger partial charge in [-0.25, -0.2) is 0 Å². The second-order valence-electron chi connectivity index (χ2n) is 4.03. The molecule has 0 bridgehead atoms. The molecule has 1 N–H and O–H groups in total. The van der Waals surface area contributed by atoms with E-state index >= 15 is 0 Å². The van der Waals surface area contributed by atoms with E-state index in [0.29, 0.717) is 27.9 Å². The minimum Gasteiger partial charge on any atom is -0.495 e. The van der Waals surface area contributed by atoms with Crippen LogP contribution in [0.3, 0.4) is 0 Å². The lowest BCUT2D eigenvalue weighted by Crippen LogP contribution is -2.31. The van der Waals surface area contributed by atoms with Gasteiger partial charge in [0.2, 0.25) is 0 Å². The zero-order valence-electron chi connectivity index (χ0n) is 10.6. The van der Waals surface area contributed by atoms with Gasteiger partial charge < -0.3 is 15.0 Å². The fourth-order valence-corrected chi connectivity index (χ4v) is 1.83. The Balaban J connectivity index is 2.77. The first kappa shape index (κ1) is 15.1. The summed E-state index contributed by atoms with van der Waals surface area (Å²) < 4.78 is 5.02. The van der Waals surface area contributed by atoms with Crippen LogP contribution in [0.25, 0.3) is 0 Å². The highest BCUT2D eigenvalue weighted by Gasteiger charge is 2.14. The Morgan fingerprint density at radius 3 is 2.56 bits per heavy atom. The van der Waals surface area contributed by atoms with Gasteiger partial charge in [-0.3, -0.25) is 4.79 Å². The fraction of sp³-hybridized carbons (Fsp3) is 0.417. The van der Waals surface area contributed by atoms with Crippen LogP contribution >= 0.6 is 23.2 Å². The van der Waals surface area contributed by atoms with Crippen LogP contribution in [-0.2, 0) is 0 Å². The van der Waals surface area contributed by atoms with Crippen molar-refractivity contribution in [2.24, 2.45) is 0 Å². The first-order chi connectivity index (χ1) is 8.45. The molecule has 0 saturated carbocycles. The van der Waals surface area contributed by atoms with E-state index in [2.05, 4.69) is 5.32 Å². The topological polar surface area (TPSA) is 41.6 Å². The lowest BCUT2D eigenvalue weighted by molar-refractivity contribution is 0.0951. The summed E-state index contributed by atoms with van der Waals surface area (Å²) in [5, 5.41) is 3.45. The standard InChI is InChI=1S/C12H16Cl2N2O2/c1-16(2)5-4-15-12(17)8-6-10(14)11(18-3)7-9(8)13/h6-7H,4-5H2,1-3H3,(H,15,17). The van der Waals surface area contributed by atoms with Crippen molar-refractivity contribution in [1.82, 2.24) is 10.2 Å². The highest BCUT2D eigenvalue weighted by molar-refractivity contribution is 6.36. The van der Waals surface area contributed by atoms with Crippen molar-refractivity contribution in [3.63, 3.8) is 0 Å². The molecule has 0 unspecified atom stereocenters. The highest BCUT2D eigenvalue weighted by Crippen LogP contribution is 2.30. The lowest BCUT2D eigenvalue weighted by atomic mass is 10.2. The zero-order valence-corrected chi connectivity index (χ0v) is 12.1. The number of amides is 1. The zero-order chi connectivity index (χ0) is 13.7. The number of ether oxygens (including phenoxy) is 1. The molecule has 1 aromatic carbocycles. The molecular formula is C12H16Cl2N2O2. The van der Waals surface area contributed by atoms with E-state index in [4.69, 9.17) is 27.9 Å². The van der Waals surface area contributed by atoms with Crippen molar-refractivity contribution in [3.05, 3.63) is 27.7 Å². The van der Waals surface area contributed by atoms with E-state index in [-0.39, 0.29) is 5.91 Å². The molecule has 6 heteroatoms. The molecule has 0 fully saturated rings. The van der Waals surface area contributed by atoms with Gasteiger partial charge in [0.05, 0.1) is 22.7 Å². The normalized spacial score (nSPS) is 10.6. The maximum atomic E-state index is 11.9. The average molecular weight is 291 g/mol. The third-order valence-corrected chi connectivity index (χ3v) is 2.94. The molecule has 0 heterocycles. The van der Waals surface area contributed by atoms with Gasteiger partial charge in [-0.1, -0.05) is 23.2 Å². The molecule has 0 aliphatic carbocycles. The summed E-state index contributed by atoms with van der Waals surface area (Å²) >= 11 is 12.0. The SMILES string of the molecule is COc1cc(Cl)c(C(=O)NCCN(C)C)cc1Cl. The van der Waals surface area contributed by atoms with Crippen molar-refractivity contribution in [1.29, 1.82) is 0 Å². The average Bonchev–Trinajstić information content (AvgIpc) is 2.30. The molecular weight excluding hydrogens is 275 g/mol. The molecule has 0 saturated heterocycles. The minimum absolute atomic E-state index is 0.244. The predicted octanol–water partition coefficient (Wildman–Crippen LogP) is 2.29. The Kier molecular flexibility index (Phi) is 5.72. The van der Waals surface area contributed by atoms with Gasteiger partial charge in [-0.05, 0) is 20.2 Å². The number of nitrogens with zero attached hydrogens (tertiary/aromatic N) is 1. The van der Waals surface area contributed by atoms with Gasteiger partial charge in [0.25, 0.3) is 5.91 Å². The Hall–Kier alpha value is -0.970. The Morgan fingerprint density at radius 1 is 1.33 bits per heavy atom. The molecule has 0 spiro atoms. The van der Waals surface area contributed by atoms with Crippen molar-refractivity contribution in [2.45, 2.75) is 0 Å². The number of hydrogen-bond acceptors (Lipinski definition) is 3. The first-order valence-corrected chi connectivity index (χ1v) is 6.17. The van der Waals surface area contributed by atoms with Crippen LogP contribution in [0.5, 0.6) is 5.75 Å². The van der Waals surface area contributed by atoms with Crippen LogP contribution in [0.2, 0.25) is 10.0 Å². The number of carbonyl (C=O) groups is 1. The number of rotatable bonds is 5. The van der Waals surface area contributed by atoms with Crippen LogP contribution < -0.4 is 10.1 Å². The number of benzene rings is 1. The molecule has 100 valence electrons. The van der Waals surface area contributed by atoms with E-state index in [1.54, 1.807) is 0 Å². The van der Waals surface area contributed by atoms with Crippen LogP contribution in [0.4, 0.5) is 0 Å². The van der Waals surface area contributed by atoms with Crippen LogP contribution in [0, 0.1) is 0 Å². The summed E-state index contributed by atoms with van der Waals surface area (Å²) in [6.07, 6.45) is 0. The minimum atomic E-state index is -0.244. The third kappa shape index (κ3) is 4.05. The smallest absolute Gasteiger partial charge is 0.252 e. The second kappa shape index (κ2) is 6.83. The highest BCUT2D eigenvalue weighted by atomic mass is 35.5. The maximum Gasteiger partial charge on any atom is 0.252 e. The summed E-state index contributed by atoms with van der Waals surface area (Å²) in [6, 6.07) is 3.04. The fourth-order valence-electron chi connectivity index (χ4n) is 1.35. The van der Waals surface area contributed by atoms with Crippen molar-refractivity contribution >= 4 is 29.1 Å². The predicted molar refractivity (Wildman–Crippen MR) is 73.9 cm³/mol. The number of likely N-dealkylation sites (N-methyl/N-ethyl adjacent to an activating group) is 1. The first-order valence-electron chi connectivity index (χ1n) is 5.41. The summed E-state index contributed by atoms with van der Waals surface area (Å²) in [4.78, 5) is 13.9. The number of nitrogens with one attached hydrogen (secondary N) is 1. The Morgan fingerprint density at radius 2 is 2.00 bits per heavy atom. The number of methoxy groups -OCH3 is 1. The Labute approximate surface area is 117 Å². The second-order valence-corrected chi connectivity index (χ2v) is 4.84. The van der Waals surface area contributed by atoms with Gasteiger partial charge in [-0.15, -0.1) is 0 Å². The van der Waals surface area contributed by atoms with E-state index in [9.17, 15) is 4.79 Å². The summed E-state index contributed by atoms with van der Waals surface area (Å²) in [5.74, 6) is 0.206. The molecule has 0 aliphatic heterocycles. The molecule has 0 radical (unpaired) electrons. The quantitative estimate of drug-likeness (QED) is 0.905. The summed E-state index contributed by atoms with van der Waals surface area (Å²) in [5.41, 5.74) is 0.348. The largest absolute Gasteiger partial charge is 0.495 e. The molecule has 0 aromatic heterocycles. The van der Waals surface area contributed by atoms with E-state index < -0.39 is 0 Å². The van der Waals surface area contributed by atoms with Crippen molar-refractivity contribution < 1.29 is 9.53 Å². The number of carbonyl (C=O) groups excluding carboxylic acids is 1. The van der Waals surface area contributed by atoms with E-state index in [0.717, 1.165) is 6.54 Å². The van der Waals surface area contributed by atoms with Crippen molar-refractivity contribution in [3.8, 4) is 5.75 Å². The molecule has 1 aromatic rings. The van der Waals surface area contributed by atoms with E-state index in [1.807, 2.05) is 19.0 Å². The van der Waals surface area contributed by atoms with Gasteiger partial charge in [0.15, 0.2) is 0 Å². The number of halogens is 2. The molecule has 1 rings (SSSR count). The number of hydrogen-bond donors (Lipinski definition) is 1. The monoisotopic (exact) mass is 290 g/mol. The summed E-state index contributed by atoms with van der Waals surface area (Å²) in [6.45, 7) is 1.30. The third-order valence-electron chi connectivity index (χ3n) is 2.33. The van der Waals surface area contributed by atoms with Gasteiger partial charge >= 0.3 is 0 Å². The molecule has 0 aliphatic rings. The maximum absolute atomic E-state index is 11.9. The molecule has 1 amide bonds. The summed E-state index contributed by atoms with van der Waals surface area (Å²) in [7, 11) is 5.36. The van der Waals surface area contributed by atoms with Crippen molar-refractivity contribution in [2.75, 3.05) is 34.3 Å². The van der Waals surface area contributed by atoms with Gasteiger partial charge in [-0.2, -0.15) is 0 Å². The van der Waals surface area contributed by atoms with Crippen LogP contribution in [0.1, 0.15) is 10.4 Å².